The maximum absolute atomic E-state index is 12.8. The average Bonchev–Trinajstić information content (AvgIpc) is 2.56. The normalized spacial score (nSPS) is 14.4. The molecule has 2 atom stereocenters. The number of aliphatic hydroxyl groups excluding tert-OH is 1. The monoisotopic (exact) mass is 397 g/mol. The SMILES string of the molecule is N[C@@H](c1ccc(Cl)c(Cl)c1)[C@H](O)c1ccc(OC(F)(F)C(F)F)cc1. The Labute approximate surface area is 150 Å². The van der Waals surface area contributed by atoms with Gasteiger partial charge in [0.05, 0.1) is 22.2 Å². The molecule has 3 nitrogen and oxygen atoms in total. The van der Waals surface area contributed by atoms with Crippen LogP contribution in [0.15, 0.2) is 42.5 Å². The molecule has 0 aromatic heterocycles. The number of ether oxygens (including phenoxy) is 1. The number of alkyl halides is 4. The van der Waals surface area contributed by atoms with Crippen molar-refractivity contribution in [3.63, 3.8) is 0 Å². The highest BCUT2D eigenvalue weighted by atomic mass is 35.5. The van der Waals surface area contributed by atoms with E-state index in [4.69, 9.17) is 28.9 Å². The summed E-state index contributed by atoms with van der Waals surface area (Å²) in [5.41, 5.74) is 6.76. The third-order valence-electron chi connectivity index (χ3n) is 3.40. The Morgan fingerprint density at radius 2 is 1.52 bits per heavy atom. The zero-order valence-electron chi connectivity index (χ0n) is 12.5. The Morgan fingerprint density at radius 3 is 2.04 bits per heavy atom. The van der Waals surface area contributed by atoms with Crippen molar-refractivity contribution in [1.82, 2.24) is 0 Å². The predicted molar refractivity (Wildman–Crippen MR) is 86.4 cm³/mol. The summed E-state index contributed by atoms with van der Waals surface area (Å²) in [6.07, 6.45) is -9.75. The topological polar surface area (TPSA) is 55.5 Å². The third kappa shape index (κ3) is 4.76. The number of halogens is 6. The summed E-state index contributed by atoms with van der Waals surface area (Å²) in [6.45, 7) is 0. The van der Waals surface area contributed by atoms with Crippen LogP contribution < -0.4 is 10.5 Å². The van der Waals surface area contributed by atoms with E-state index >= 15 is 0 Å². The molecule has 2 rings (SSSR count). The Hall–Kier alpha value is -1.54. The highest BCUT2D eigenvalue weighted by Crippen LogP contribution is 2.33. The van der Waals surface area contributed by atoms with Gasteiger partial charge in [0.2, 0.25) is 0 Å². The van der Waals surface area contributed by atoms with Crippen LogP contribution in [-0.4, -0.2) is 17.6 Å². The minimum absolute atomic E-state index is 0.264. The van der Waals surface area contributed by atoms with E-state index in [1.165, 1.54) is 24.3 Å². The second kappa shape index (κ2) is 7.78. The maximum atomic E-state index is 12.8. The van der Waals surface area contributed by atoms with Crippen LogP contribution in [0.1, 0.15) is 23.3 Å². The molecule has 2 aromatic rings. The lowest BCUT2D eigenvalue weighted by molar-refractivity contribution is -0.253. The lowest BCUT2D eigenvalue weighted by atomic mass is 9.96. The van der Waals surface area contributed by atoms with Gasteiger partial charge in [0.15, 0.2) is 0 Å². The highest BCUT2D eigenvalue weighted by molar-refractivity contribution is 6.42. The summed E-state index contributed by atoms with van der Waals surface area (Å²) >= 11 is 11.7. The first-order valence-corrected chi connectivity index (χ1v) is 7.71. The fourth-order valence-electron chi connectivity index (χ4n) is 2.04. The molecule has 0 unspecified atom stereocenters. The molecule has 0 amide bonds. The van der Waals surface area contributed by atoms with Crippen LogP contribution >= 0.6 is 23.2 Å². The van der Waals surface area contributed by atoms with Crippen molar-refractivity contribution >= 4 is 23.2 Å². The smallest absolute Gasteiger partial charge is 0.428 e. The molecule has 3 N–H and O–H groups in total. The molecule has 9 heteroatoms. The molecule has 0 radical (unpaired) electrons. The molecule has 0 saturated carbocycles. The first kappa shape index (κ1) is 19.8. The molecule has 0 fully saturated rings. The number of benzene rings is 2. The molecule has 0 saturated heterocycles. The largest absolute Gasteiger partial charge is 0.461 e. The van der Waals surface area contributed by atoms with Gasteiger partial charge in [0, 0.05) is 0 Å². The van der Waals surface area contributed by atoms with E-state index < -0.39 is 30.4 Å². The van der Waals surface area contributed by atoms with Crippen molar-refractivity contribution in [2.75, 3.05) is 0 Å². The second-order valence-electron chi connectivity index (χ2n) is 5.18. The summed E-state index contributed by atoms with van der Waals surface area (Å²) in [6, 6.07) is 8.31. The van der Waals surface area contributed by atoms with Gasteiger partial charge in [-0.3, -0.25) is 0 Å². The molecule has 0 bridgehead atoms. The molecule has 2 aromatic carbocycles. The van der Waals surface area contributed by atoms with E-state index in [-0.39, 0.29) is 10.6 Å². The van der Waals surface area contributed by atoms with Crippen molar-refractivity contribution in [1.29, 1.82) is 0 Å². The number of aliphatic hydroxyl groups is 1. The van der Waals surface area contributed by atoms with Gasteiger partial charge in [0.25, 0.3) is 0 Å². The van der Waals surface area contributed by atoms with Crippen LogP contribution in [0.4, 0.5) is 17.6 Å². The Balaban J connectivity index is 2.14. The van der Waals surface area contributed by atoms with E-state index in [2.05, 4.69) is 4.74 Å². The fourth-order valence-corrected chi connectivity index (χ4v) is 2.35. The van der Waals surface area contributed by atoms with E-state index in [9.17, 15) is 22.7 Å². The number of hydrogen-bond acceptors (Lipinski definition) is 3. The lowest BCUT2D eigenvalue weighted by Gasteiger charge is -2.21. The van der Waals surface area contributed by atoms with Crippen molar-refractivity contribution in [2.24, 2.45) is 5.73 Å². The summed E-state index contributed by atoms with van der Waals surface area (Å²) in [7, 11) is 0. The van der Waals surface area contributed by atoms with Crippen LogP contribution in [-0.2, 0) is 0 Å². The second-order valence-corrected chi connectivity index (χ2v) is 5.99. The van der Waals surface area contributed by atoms with Crippen LogP contribution in [0.5, 0.6) is 5.75 Å². The average molecular weight is 398 g/mol. The van der Waals surface area contributed by atoms with E-state index in [1.807, 2.05) is 0 Å². The molecular weight excluding hydrogens is 385 g/mol. The Morgan fingerprint density at radius 1 is 0.960 bits per heavy atom. The van der Waals surface area contributed by atoms with Crippen LogP contribution in [0.2, 0.25) is 10.0 Å². The summed E-state index contributed by atoms with van der Waals surface area (Å²) in [4.78, 5) is 0. The molecule has 0 spiro atoms. The van der Waals surface area contributed by atoms with Gasteiger partial charge in [-0.25, -0.2) is 0 Å². The first-order valence-electron chi connectivity index (χ1n) is 6.95. The van der Waals surface area contributed by atoms with E-state index in [1.54, 1.807) is 6.07 Å². The van der Waals surface area contributed by atoms with Crippen molar-refractivity contribution in [2.45, 2.75) is 24.7 Å². The Bertz CT molecular complexity index is 729. The van der Waals surface area contributed by atoms with Crippen LogP contribution in [0.3, 0.4) is 0 Å². The van der Waals surface area contributed by atoms with E-state index in [0.717, 1.165) is 12.1 Å². The third-order valence-corrected chi connectivity index (χ3v) is 4.14. The molecule has 0 heterocycles. The van der Waals surface area contributed by atoms with Crippen molar-refractivity contribution < 1.29 is 27.4 Å². The summed E-state index contributed by atoms with van der Waals surface area (Å²) in [5.74, 6) is -0.468. The van der Waals surface area contributed by atoms with Gasteiger partial charge in [-0.2, -0.15) is 17.6 Å². The summed E-state index contributed by atoms with van der Waals surface area (Å²) in [5, 5.41) is 10.9. The first-order chi connectivity index (χ1) is 11.6. The number of hydrogen-bond donors (Lipinski definition) is 2. The quantitative estimate of drug-likeness (QED) is 0.677. The van der Waals surface area contributed by atoms with Gasteiger partial charge in [-0.1, -0.05) is 41.4 Å². The highest BCUT2D eigenvalue weighted by Gasteiger charge is 2.43. The van der Waals surface area contributed by atoms with Gasteiger partial charge in [0.1, 0.15) is 5.75 Å². The molecular formula is C16H13Cl2F4NO2. The molecule has 136 valence electrons. The fraction of sp³-hybridized carbons (Fsp3) is 0.250. The van der Waals surface area contributed by atoms with Crippen molar-refractivity contribution in [3.8, 4) is 5.75 Å². The predicted octanol–water partition coefficient (Wildman–Crippen LogP) is 4.96. The Kier molecular flexibility index (Phi) is 6.16. The lowest BCUT2D eigenvalue weighted by Crippen LogP contribution is -2.33. The minimum Gasteiger partial charge on any atom is -0.428 e. The molecule has 0 aliphatic carbocycles. The van der Waals surface area contributed by atoms with E-state index in [0.29, 0.717) is 10.6 Å². The molecule has 0 aliphatic rings. The summed E-state index contributed by atoms with van der Waals surface area (Å²) < 4.78 is 53.9. The number of nitrogens with two attached hydrogens (primary N) is 1. The maximum Gasteiger partial charge on any atom is 0.461 e. The van der Waals surface area contributed by atoms with Crippen LogP contribution in [0.25, 0.3) is 0 Å². The molecule has 25 heavy (non-hydrogen) atoms. The van der Waals surface area contributed by atoms with Gasteiger partial charge in [-0.15, -0.1) is 0 Å². The number of rotatable bonds is 6. The minimum atomic E-state index is -4.60. The zero-order chi connectivity index (χ0) is 18.8. The van der Waals surface area contributed by atoms with Gasteiger partial charge < -0.3 is 15.6 Å². The molecule has 0 aliphatic heterocycles. The van der Waals surface area contributed by atoms with Gasteiger partial charge >= 0.3 is 12.5 Å². The van der Waals surface area contributed by atoms with Gasteiger partial charge in [-0.05, 0) is 35.4 Å². The standard InChI is InChI=1S/C16H13Cl2F4NO2/c17-11-6-3-9(7-12(11)18)13(23)14(24)8-1-4-10(5-2-8)25-16(21,22)15(19)20/h1-7,13-15,24H,23H2/t13-,14+/m0/s1. The van der Waals surface area contributed by atoms with Crippen LogP contribution in [0, 0.1) is 0 Å². The van der Waals surface area contributed by atoms with Crippen molar-refractivity contribution in [3.05, 3.63) is 63.6 Å². The zero-order valence-corrected chi connectivity index (χ0v) is 14.0.